The Morgan fingerprint density at radius 3 is 2.38 bits per heavy atom. The van der Waals surface area contributed by atoms with Crippen molar-refractivity contribution in [3.05, 3.63) is 58.6 Å². The maximum atomic E-state index is 13.8. The molecule has 0 bridgehead atoms. The Kier molecular flexibility index (Phi) is 9.52. The van der Waals surface area contributed by atoms with E-state index < -0.39 is 30.0 Å². The van der Waals surface area contributed by atoms with E-state index in [2.05, 4.69) is 41.5 Å². The lowest BCUT2D eigenvalue weighted by Gasteiger charge is -2.32. The summed E-state index contributed by atoms with van der Waals surface area (Å²) in [4.78, 5) is 47.1. The van der Waals surface area contributed by atoms with Crippen LogP contribution < -0.4 is 10.6 Å². The predicted molar refractivity (Wildman–Crippen MR) is 161 cm³/mol. The number of amides is 3. The molecule has 3 N–H and O–H groups in total. The Morgan fingerprint density at radius 1 is 1.14 bits per heavy atom. The summed E-state index contributed by atoms with van der Waals surface area (Å²) in [7, 11) is 0. The molecule has 0 radical (unpaired) electrons. The molecule has 0 saturated carbocycles. The molecule has 226 valence electrons. The lowest BCUT2D eigenvalue weighted by Crippen LogP contribution is -2.55. The third-order valence-electron chi connectivity index (χ3n) is 7.39. The number of nitrogens with zero attached hydrogens (tertiary/aromatic N) is 3. The van der Waals surface area contributed by atoms with Gasteiger partial charge in [-0.05, 0) is 42.7 Å². The molecule has 3 amide bonds. The maximum Gasteiger partial charge on any atom is 0.290 e. The van der Waals surface area contributed by atoms with Crippen LogP contribution in [-0.2, 0) is 9.59 Å². The summed E-state index contributed by atoms with van der Waals surface area (Å²) in [6.07, 6.45) is -0.0702. The van der Waals surface area contributed by atoms with E-state index in [1.165, 1.54) is 11.0 Å². The molecular weight excluding hydrogens is 554 g/mol. The number of aryl methyl sites for hydroxylation is 2. The van der Waals surface area contributed by atoms with Gasteiger partial charge in [-0.2, -0.15) is 0 Å². The summed E-state index contributed by atoms with van der Waals surface area (Å²) >= 11 is 1.59. The number of thiazole rings is 1. The lowest BCUT2D eigenvalue weighted by molar-refractivity contribution is -0.141. The number of aliphatic hydroxyl groups excluding tert-OH is 1. The van der Waals surface area contributed by atoms with Gasteiger partial charge in [-0.25, -0.2) is 4.98 Å². The quantitative estimate of drug-likeness (QED) is 0.333. The molecule has 1 fully saturated rings. The average molecular weight is 596 g/mol. The van der Waals surface area contributed by atoms with Gasteiger partial charge in [0.05, 0.1) is 33.9 Å². The van der Waals surface area contributed by atoms with Crippen LogP contribution in [0.1, 0.15) is 81.0 Å². The average Bonchev–Trinajstić information content (AvgIpc) is 3.65. The van der Waals surface area contributed by atoms with Crippen molar-refractivity contribution in [3.8, 4) is 10.4 Å². The largest absolute Gasteiger partial charge is 0.391 e. The highest BCUT2D eigenvalue weighted by Crippen LogP contribution is 2.33. The van der Waals surface area contributed by atoms with Crippen molar-refractivity contribution in [2.45, 2.75) is 85.5 Å². The Balaban J connectivity index is 1.53. The topological polar surface area (TPSA) is 138 Å². The van der Waals surface area contributed by atoms with E-state index >= 15 is 0 Å². The van der Waals surface area contributed by atoms with Crippen molar-refractivity contribution in [1.82, 2.24) is 25.7 Å². The summed E-state index contributed by atoms with van der Waals surface area (Å²) in [6, 6.07) is 7.51. The number of β-amino-alcohol motifs (C(OH)–C–C–N with tert-alkyl or cyclic N) is 1. The number of benzene rings is 1. The molecule has 4 atom stereocenters. The number of likely N-dealkylation sites (tertiary alicyclic amines) is 1. The van der Waals surface area contributed by atoms with Gasteiger partial charge in [0.1, 0.15) is 12.1 Å². The summed E-state index contributed by atoms with van der Waals surface area (Å²) in [6.45, 7) is 13.6. The molecule has 2 unspecified atom stereocenters. The summed E-state index contributed by atoms with van der Waals surface area (Å²) in [5.74, 6) is -1.60. The van der Waals surface area contributed by atoms with Gasteiger partial charge in [-0.1, -0.05) is 64.0 Å². The van der Waals surface area contributed by atoms with E-state index in [4.69, 9.17) is 4.52 Å². The van der Waals surface area contributed by atoms with Crippen molar-refractivity contribution in [3.63, 3.8) is 0 Å². The highest BCUT2D eigenvalue weighted by molar-refractivity contribution is 7.13. The van der Waals surface area contributed by atoms with Gasteiger partial charge in [0, 0.05) is 19.0 Å². The van der Waals surface area contributed by atoms with Crippen LogP contribution >= 0.6 is 11.3 Å². The molecule has 1 aliphatic heterocycles. The van der Waals surface area contributed by atoms with E-state index in [1.807, 2.05) is 50.5 Å². The van der Waals surface area contributed by atoms with Crippen LogP contribution in [0.2, 0.25) is 0 Å². The van der Waals surface area contributed by atoms with Gasteiger partial charge in [0.2, 0.25) is 17.6 Å². The van der Waals surface area contributed by atoms with Crippen molar-refractivity contribution < 1.29 is 24.0 Å². The third kappa shape index (κ3) is 7.43. The van der Waals surface area contributed by atoms with Gasteiger partial charge in [0.25, 0.3) is 5.91 Å². The smallest absolute Gasteiger partial charge is 0.290 e. The minimum atomic E-state index is -0.920. The molecule has 1 aliphatic rings. The number of hydrogen-bond acceptors (Lipinski definition) is 8. The maximum absolute atomic E-state index is 13.8. The van der Waals surface area contributed by atoms with E-state index in [-0.39, 0.29) is 42.0 Å². The highest BCUT2D eigenvalue weighted by Gasteiger charge is 2.43. The first-order valence-electron chi connectivity index (χ1n) is 14.3. The Bertz CT molecular complexity index is 1410. The summed E-state index contributed by atoms with van der Waals surface area (Å²) in [5.41, 5.74) is 5.28. The number of hydrogen-bond donors (Lipinski definition) is 3. The fourth-order valence-electron chi connectivity index (χ4n) is 5.26. The summed E-state index contributed by atoms with van der Waals surface area (Å²) < 4.78 is 5.05. The van der Waals surface area contributed by atoms with Crippen LogP contribution in [0.25, 0.3) is 10.4 Å². The number of carbonyl (C=O) groups excluding carboxylic acids is 3. The molecule has 42 heavy (non-hydrogen) atoms. The van der Waals surface area contributed by atoms with Crippen LogP contribution in [-0.4, -0.2) is 62.6 Å². The minimum absolute atomic E-state index is 0.00300. The first-order chi connectivity index (χ1) is 19.7. The summed E-state index contributed by atoms with van der Waals surface area (Å²) in [5, 5.41) is 20.2. The molecule has 1 saturated heterocycles. The van der Waals surface area contributed by atoms with Gasteiger partial charge in [-0.3, -0.25) is 14.4 Å². The van der Waals surface area contributed by atoms with Crippen molar-refractivity contribution >= 4 is 29.1 Å². The van der Waals surface area contributed by atoms with Crippen LogP contribution in [0.3, 0.4) is 0 Å². The minimum Gasteiger partial charge on any atom is -0.391 e. The number of carbonyl (C=O) groups is 3. The first kappa shape index (κ1) is 31.4. The van der Waals surface area contributed by atoms with E-state index in [0.29, 0.717) is 12.1 Å². The second kappa shape index (κ2) is 12.7. The van der Waals surface area contributed by atoms with Crippen molar-refractivity contribution in [1.29, 1.82) is 0 Å². The van der Waals surface area contributed by atoms with Crippen LogP contribution in [0.4, 0.5) is 0 Å². The fraction of sp³-hybridized carbons (Fsp3) is 0.516. The Hall–Kier alpha value is -3.57. The van der Waals surface area contributed by atoms with Crippen LogP contribution in [0.15, 0.2) is 40.4 Å². The lowest BCUT2D eigenvalue weighted by atomic mass is 9.85. The second-order valence-corrected chi connectivity index (χ2v) is 13.5. The van der Waals surface area contributed by atoms with Crippen LogP contribution in [0, 0.1) is 25.2 Å². The molecule has 10 nitrogen and oxygen atoms in total. The molecule has 1 aromatic carbocycles. The number of nitrogens with one attached hydrogen (secondary N) is 2. The third-order valence-corrected chi connectivity index (χ3v) is 8.37. The fourth-order valence-corrected chi connectivity index (χ4v) is 6.07. The number of rotatable bonds is 9. The molecule has 0 aliphatic carbocycles. The predicted octanol–water partition coefficient (Wildman–Crippen LogP) is 4.42. The monoisotopic (exact) mass is 595 g/mol. The molecule has 3 heterocycles. The molecular formula is C31H41N5O5S. The normalized spacial score (nSPS) is 18.6. The standard InChI is InChI=1S/C31H41N5O5S/c1-17(2)26(34-29(39)25-12-18(3)35-41-25)30(40)36-15-22(37)13-24(36)28(38)33-23(14-31(5,6)7)20-8-10-21(11-9-20)27-19(4)32-16-42-27/h8-12,16-17,22-24,26,37H,13-15H2,1-7H3,(H,33,38)(H,34,39)/t22-,23?,24+,26?/m1/s1. The molecule has 4 rings (SSSR count). The number of aliphatic hydroxyl groups is 1. The second-order valence-electron chi connectivity index (χ2n) is 12.6. The van der Waals surface area contributed by atoms with E-state index in [1.54, 1.807) is 18.3 Å². The number of aromatic nitrogens is 2. The zero-order valence-electron chi connectivity index (χ0n) is 25.3. The van der Waals surface area contributed by atoms with Gasteiger partial charge in [0.15, 0.2) is 0 Å². The molecule has 11 heteroatoms. The zero-order valence-corrected chi connectivity index (χ0v) is 26.1. The SMILES string of the molecule is Cc1cc(C(=O)NC(C(=O)N2C[C@H](O)C[C@H]2C(=O)NC(CC(C)(C)C)c2ccc(-c3scnc3C)cc2)C(C)C)on1. The first-order valence-corrected chi connectivity index (χ1v) is 15.1. The zero-order chi connectivity index (χ0) is 30.8. The molecule has 2 aromatic heterocycles. The van der Waals surface area contributed by atoms with E-state index in [0.717, 1.165) is 21.7 Å². The highest BCUT2D eigenvalue weighted by atomic mass is 32.1. The van der Waals surface area contributed by atoms with E-state index in [9.17, 15) is 19.5 Å². The van der Waals surface area contributed by atoms with Crippen LogP contribution in [0.5, 0.6) is 0 Å². The Labute approximate surface area is 250 Å². The molecule has 3 aromatic rings. The van der Waals surface area contributed by atoms with Gasteiger partial charge >= 0.3 is 0 Å². The van der Waals surface area contributed by atoms with Gasteiger partial charge < -0.3 is 25.2 Å². The Morgan fingerprint density at radius 2 is 1.83 bits per heavy atom. The molecule has 0 spiro atoms. The van der Waals surface area contributed by atoms with Crippen molar-refractivity contribution in [2.75, 3.05) is 6.54 Å². The van der Waals surface area contributed by atoms with Gasteiger partial charge in [-0.15, -0.1) is 11.3 Å². The van der Waals surface area contributed by atoms with Crippen molar-refractivity contribution in [2.24, 2.45) is 11.3 Å².